The molecule has 0 radical (unpaired) electrons. The first-order valence-electron chi connectivity index (χ1n) is 9.03. The van der Waals surface area contributed by atoms with Crippen LogP contribution in [0.25, 0.3) is 6.08 Å². The van der Waals surface area contributed by atoms with Gasteiger partial charge in [0.05, 0.1) is 12.7 Å². The maximum Gasteiger partial charge on any atom is 0.346 e. The molecule has 0 fully saturated rings. The summed E-state index contributed by atoms with van der Waals surface area (Å²) in [5.74, 6) is -1.82. The minimum Gasteiger partial charge on any atom is -0.493 e. The van der Waals surface area contributed by atoms with Crippen LogP contribution in [0.15, 0.2) is 48.0 Å². The van der Waals surface area contributed by atoms with Crippen molar-refractivity contribution in [3.05, 3.63) is 65.0 Å². The van der Waals surface area contributed by atoms with Crippen LogP contribution in [0, 0.1) is 17.1 Å². The fourth-order valence-corrected chi connectivity index (χ4v) is 2.47. The summed E-state index contributed by atoms with van der Waals surface area (Å²) in [7, 11) is 2.93. The summed E-state index contributed by atoms with van der Waals surface area (Å²) in [6, 6.07) is 11.8. The van der Waals surface area contributed by atoms with Crippen LogP contribution in [-0.2, 0) is 9.53 Å². The molecule has 0 aliphatic heterocycles. The summed E-state index contributed by atoms with van der Waals surface area (Å²) in [6.45, 7) is 0.871. The first-order chi connectivity index (χ1) is 14.5. The van der Waals surface area contributed by atoms with Crippen molar-refractivity contribution in [1.82, 2.24) is 5.32 Å². The molecule has 0 aliphatic carbocycles. The second kappa shape index (κ2) is 11.3. The number of halogens is 1. The summed E-state index contributed by atoms with van der Waals surface area (Å²) in [4.78, 5) is 24.3. The van der Waals surface area contributed by atoms with Gasteiger partial charge in [-0.3, -0.25) is 4.79 Å². The minimum absolute atomic E-state index is 0.0745. The topological polar surface area (TPSA) is 97.6 Å². The third-order valence-corrected chi connectivity index (χ3v) is 3.97. The summed E-state index contributed by atoms with van der Waals surface area (Å²) in [5.41, 5.74) is 0.187. The van der Waals surface area contributed by atoms with Crippen LogP contribution < -0.4 is 14.8 Å². The molecular formula is C22H21FN2O5. The molecule has 1 amide bonds. The minimum atomic E-state index is -0.872. The van der Waals surface area contributed by atoms with Crippen LogP contribution in [0.3, 0.4) is 0 Å². The van der Waals surface area contributed by atoms with Gasteiger partial charge in [0, 0.05) is 20.3 Å². The second-order valence-corrected chi connectivity index (χ2v) is 6.05. The van der Waals surface area contributed by atoms with Crippen molar-refractivity contribution in [2.45, 2.75) is 6.42 Å². The van der Waals surface area contributed by atoms with E-state index in [1.54, 1.807) is 13.2 Å². The van der Waals surface area contributed by atoms with E-state index in [2.05, 4.69) is 5.32 Å². The van der Waals surface area contributed by atoms with Gasteiger partial charge in [-0.25, -0.2) is 9.18 Å². The molecule has 2 rings (SSSR count). The summed E-state index contributed by atoms with van der Waals surface area (Å²) in [5, 5.41) is 11.9. The highest BCUT2D eigenvalue weighted by Gasteiger charge is 2.16. The van der Waals surface area contributed by atoms with E-state index in [1.807, 2.05) is 6.07 Å². The van der Waals surface area contributed by atoms with E-state index < -0.39 is 17.7 Å². The van der Waals surface area contributed by atoms with Crippen molar-refractivity contribution in [3.8, 4) is 17.6 Å². The largest absolute Gasteiger partial charge is 0.493 e. The number of carbonyl (C=O) groups is 2. The zero-order valence-electron chi connectivity index (χ0n) is 16.6. The number of hydrogen-bond acceptors (Lipinski definition) is 6. The number of hydrogen-bond donors (Lipinski definition) is 1. The van der Waals surface area contributed by atoms with Crippen molar-refractivity contribution in [2.75, 3.05) is 27.4 Å². The van der Waals surface area contributed by atoms with Gasteiger partial charge >= 0.3 is 5.97 Å². The quantitative estimate of drug-likeness (QED) is 0.223. The molecule has 30 heavy (non-hydrogen) atoms. The highest BCUT2D eigenvalue weighted by atomic mass is 19.1. The molecule has 7 nitrogen and oxygen atoms in total. The molecule has 156 valence electrons. The Morgan fingerprint density at radius 3 is 2.60 bits per heavy atom. The fraction of sp³-hybridized carbons (Fsp3) is 0.227. The van der Waals surface area contributed by atoms with Crippen LogP contribution >= 0.6 is 0 Å². The van der Waals surface area contributed by atoms with Crippen LogP contribution in [0.4, 0.5) is 4.39 Å². The van der Waals surface area contributed by atoms with Crippen LogP contribution in [0.1, 0.15) is 22.3 Å². The summed E-state index contributed by atoms with van der Waals surface area (Å²) in [6.07, 6.45) is 2.01. The summed E-state index contributed by atoms with van der Waals surface area (Å²) >= 11 is 0. The van der Waals surface area contributed by atoms with Crippen LogP contribution in [-0.4, -0.2) is 39.2 Å². The number of amides is 1. The fourth-order valence-electron chi connectivity index (χ4n) is 2.47. The van der Waals surface area contributed by atoms with Crippen LogP contribution in [0.2, 0.25) is 0 Å². The predicted octanol–water partition coefficient (Wildman–Crippen LogP) is 3.11. The van der Waals surface area contributed by atoms with Gasteiger partial charge in [0.15, 0.2) is 11.5 Å². The number of ether oxygens (including phenoxy) is 3. The zero-order valence-corrected chi connectivity index (χ0v) is 16.6. The number of esters is 1. The Kier molecular flexibility index (Phi) is 8.54. The molecule has 0 aromatic heterocycles. The standard InChI is InChI=1S/C22H21FN2O5/c1-28-11-5-10-25-21(26)16(14-24)12-15-8-9-19(20(13-15)29-2)30-22(27)17-6-3-4-7-18(17)23/h3-4,6-9,12-13H,5,10-11H2,1-2H3,(H,25,26)/b16-12+. The highest BCUT2D eigenvalue weighted by Crippen LogP contribution is 2.30. The average molecular weight is 412 g/mol. The molecule has 0 bridgehead atoms. The van der Waals surface area contributed by atoms with Crippen molar-refractivity contribution in [3.63, 3.8) is 0 Å². The lowest BCUT2D eigenvalue weighted by Crippen LogP contribution is -2.26. The van der Waals surface area contributed by atoms with E-state index in [-0.39, 0.29) is 22.6 Å². The Morgan fingerprint density at radius 1 is 1.17 bits per heavy atom. The van der Waals surface area contributed by atoms with Gasteiger partial charge in [-0.05, 0) is 42.3 Å². The van der Waals surface area contributed by atoms with Crippen molar-refractivity contribution in [1.29, 1.82) is 5.26 Å². The van der Waals surface area contributed by atoms with E-state index in [1.165, 1.54) is 43.5 Å². The molecule has 2 aromatic rings. The van der Waals surface area contributed by atoms with Gasteiger partial charge < -0.3 is 19.5 Å². The van der Waals surface area contributed by atoms with E-state index in [0.717, 1.165) is 6.07 Å². The maximum atomic E-state index is 13.8. The first kappa shape index (κ1) is 22.6. The predicted molar refractivity (Wildman–Crippen MR) is 107 cm³/mol. The molecule has 8 heteroatoms. The molecule has 0 saturated carbocycles. The lowest BCUT2D eigenvalue weighted by atomic mass is 10.1. The Morgan fingerprint density at radius 2 is 1.93 bits per heavy atom. The maximum absolute atomic E-state index is 13.8. The molecule has 2 aromatic carbocycles. The van der Waals surface area contributed by atoms with Crippen molar-refractivity contribution in [2.24, 2.45) is 0 Å². The molecule has 0 atom stereocenters. The smallest absolute Gasteiger partial charge is 0.346 e. The Hall–Kier alpha value is -3.70. The van der Waals surface area contributed by atoms with Crippen molar-refractivity contribution < 1.29 is 28.2 Å². The summed E-state index contributed by atoms with van der Waals surface area (Å²) < 4.78 is 29.1. The van der Waals surface area contributed by atoms with Gasteiger partial charge in [-0.2, -0.15) is 5.26 Å². The van der Waals surface area contributed by atoms with E-state index in [4.69, 9.17) is 14.2 Å². The third kappa shape index (κ3) is 6.15. The molecule has 0 spiro atoms. The van der Waals surface area contributed by atoms with E-state index in [0.29, 0.717) is 25.1 Å². The third-order valence-electron chi connectivity index (χ3n) is 3.97. The van der Waals surface area contributed by atoms with Gasteiger partial charge in [0.1, 0.15) is 17.5 Å². The van der Waals surface area contributed by atoms with Crippen molar-refractivity contribution >= 4 is 18.0 Å². The average Bonchev–Trinajstić information content (AvgIpc) is 2.75. The Labute approximate surface area is 173 Å². The second-order valence-electron chi connectivity index (χ2n) is 6.05. The molecule has 0 aliphatic rings. The SMILES string of the molecule is COCCCNC(=O)/C(C#N)=C/c1ccc(OC(=O)c2ccccc2F)c(OC)c1. The lowest BCUT2D eigenvalue weighted by Gasteiger charge is -2.10. The Bertz CT molecular complexity index is 982. The van der Waals surface area contributed by atoms with E-state index in [9.17, 15) is 19.2 Å². The van der Waals surface area contributed by atoms with Gasteiger partial charge in [-0.15, -0.1) is 0 Å². The number of rotatable bonds is 9. The number of nitriles is 1. The zero-order chi connectivity index (χ0) is 21.9. The lowest BCUT2D eigenvalue weighted by molar-refractivity contribution is -0.117. The number of benzene rings is 2. The molecule has 0 unspecified atom stereocenters. The number of nitrogens with zero attached hydrogens (tertiary/aromatic N) is 1. The first-order valence-corrected chi connectivity index (χ1v) is 9.03. The molecule has 1 N–H and O–H groups in total. The number of carbonyl (C=O) groups excluding carboxylic acids is 2. The van der Waals surface area contributed by atoms with Gasteiger partial charge in [0.25, 0.3) is 5.91 Å². The van der Waals surface area contributed by atoms with E-state index >= 15 is 0 Å². The Balaban J connectivity index is 2.17. The van der Waals surface area contributed by atoms with Crippen LogP contribution in [0.5, 0.6) is 11.5 Å². The van der Waals surface area contributed by atoms with Gasteiger partial charge in [-0.1, -0.05) is 18.2 Å². The molecule has 0 saturated heterocycles. The number of nitrogens with one attached hydrogen (secondary N) is 1. The monoisotopic (exact) mass is 412 g/mol. The molecule has 0 heterocycles. The normalized spacial score (nSPS) is 10.8. The molecular weight excluding hydrogens is 391 g/mol. The van der Waals surface area contributed by atoms with Gasteiger partial charge in [0.2, 0.25) is 0 Å². The number of methoxy groups -OCH3 is 2. The highest BCUT2D eigenvalue weighted by molar-refractivity contribution is 6.01.